The van der Waals surface area contributed by atoms with E-state index < -0.39 is 10.0 Å². The Kier molecular flexibility index (Phi) is 7.10. The van der Waals surface area contributed by atoms with Crippen LogP contribution in [0, 0.1) is 6.92 Å². The van der Waals surface area contributed by atoms with Gasteiger partial charge in [-0.2, -0.15) is 0 Å². The van der Waals surface area contributed by atoms with Crippen LogP contribution in [0.4, 0.5) is 5.69 Å². The van der Waals surface area contributed by atoms with E-state index in [0.717, 1.165) is 36.0 Å². The van der Waals surface area contributed by atoms with Gasteiger partial charge >= 0.3 is 0 Å². The summed E-state index contributed by atoms with van der Waals surface area (Å²) in [5.74, 6) is -0.283. The summed E-state index contributed by atoms with van der Waals surface area (Å²) in [5, 5.41) is 3.19. The number of hydrogen-bond acceptors (Lipinski definition) is 3. The fourth-order valence-corrected chi connectivity index (χ4v) is 6.38. The molecule has 0 saturated carbocycles. The zero-order valence-corrected chi connectivity index (χ0v) is 21.6. The molecule has 0 saturated heterocycles. The van der Waals surface area contributed by atoms with Gasteiger partial charge in [-0.1, -0.05) is 84.4 Å². The monoisotopic (exact) mass is 510 g/mol. The molecule has 4 aromatic rings. The molecule has 4 aromatic carbocycles. The molecule has 1 N–H and O–H groups in total. The number of anilines is 1. The quantitative estimate of drug-likeness (QED) is 0.322. The minimum Gasteiger partial charge on any atom is -0.345 e. The van der Waals surface area contributed by atoms with Crippen LogP contribution in [-0.4, -0.2) is 14.3 Å². The lowest BCUT2D eigenvalue weighted by Gasteiger charge is -2.29. The maximum absolute atomic E-state index is 14.0. The van der Waals surface area contributed by atoms with Crippen molar-refractivity contribution in [2.75, 3.05) is 4.31 Å². The van der Waals surface area contributed by atoms with Crippen molar-refractivity contribution >= 4 is 21.6 Å². The molecular weight excluding hydrogens is 480 g/mol. The molecule has 5 nitrogen and oxygen atoms in total. The molecule has 0 aromatic heterocycles. The molecule has 1 amide bonds. The molecule has 1 atom stereocenters. The Labute approximate surface area is 218 Å². The molecule has 0 heterocycles. The molecule has 1 aliphatic carbocycles. The van der Waals surface area contributed by atoms with E-state index in [1.54, 1.807) is 48.5 Å². The van der Waals surface area contributed by atoms with Crippen LogP contribution in [0.1, 0.15) is 51.5 Å². The van der Waals surface area contributed by atoms with E-state index in [1.165, 1.54) is 9.87 Å². The number of nitrogens with zero attached hydrogens (tertiary/aromatic N) is 1. The number of sulfonamides is 1. The summed E-state index contributed by atoms with van der Waals surface area (Å²) >= 11 is 0. The first-order valence-electron chi connectivity index (χ1n) is 12.5. The molecule has 188 valence electrons. The number of amides is 1. The van der Waals surface area contributed by atoms with Gasteiger partial charge in [-0.15, -0.1) is 0 Å². The second-order valence-electron chi connectivity index (χ2n) is 9.44. The van der Waals surface area contributed by atoms with E-state index in [-0.39, 0.29) is 23.4 Å². The van der Waals surface area contributed by atoms with Crippen LogP contribution < -0.4 is 9.62 Å². The molecule has 0 aliphatic heterocycles. The number of nitrogens with one attached hydrogen (secondary N) is 1. The van der Waals surface area contributed by atoms with E-state index in [1.807, 2.05) is 49.4 Å². The smallest absolute Gasteiger partial charge is 0.264 e. The Morgan fingerprint density at radius 3 is 2.32 bits per heavy atom. The van der Waals surface area contributed by atoms with Gasteiger partial charge in [-0.25, -0.2) is 8.42 Å². The average molecular weight is 511 g/mol. The minimum absolute atomic E-state index is 0.105. The van der Waals surface area contributed by atoms with E-state index in [2.05, 4.69) is 17.4 Å². The van der Waals surface area contributed by atoms with Crippen LogP contribution in [0.15, 0.2) is 108 Å². The zero-order chi connectivity index (χ0) is 25.8. The van der Waals surface area contributed by atoms with Gasteiger partial charge in [0.25, 0.3) is 15.9 Å². The fourth-order valence-electron chi connectivity index (χ4n) is 4.91. The summed E-state index contributed by atoms with van der Waals surface area (Å²) in [6.45, 7) is 2.02. The van der Waals surface area contributed by atoms with Crippen LogP contribution in [0.3, 0.4) is 0 Å². The Morgan fingerprint density at radius 2 is 1.54 bits per heavy atom. The summed E-state index contributed by atoms with van der Waals surface area (Å²) in [4.78, 5) is 13.9. The maximum atomic E-state index is 14.0. The minimum atomic E-state index is -3.95. The van der Waals surface area contributed by atoms with Gasteiger partial charge in [0.1, 0.15) is 0 Å². The number of benzene rings is 4. The van der Waals surface area contributed by atoms with E-state index in [4.69, 9.17) is 0 Å². The third kappa shape index (κ3) is 5.30. The molecule has 37 heavy (non-hydrogen) atoms. The van der Waals surface area contributed by atoms with Crippen LogP contribution in [0.5, 0.6) is 0 Å². The second-order valence-corrected chi connectivity index (χ2v) is 11.3. The normalized spacial score (nSPS) is 15.0. The Balaban J connectivity index is 1.54. The molecule has 5 rings (SSSR count). The zero-order valence-electron chi connectivity index (χ0n) is 20.8. The van der Waals surface area contributed by atoms with Crippen molar-refractivity contribution in [3.63, 3.8) is 0 Å². The molecule has 0 unspecified atom stereocenters. The Morgan fingerprint density at radius 1 is 0.865 bits per heavy atom. The van der Waals surface area contributed by atoms with Gasteiger partial charge < -0.3 is 5.32 Å². The van der Waals surface area contributed by atoms with Crippen molar-refractivity contribution in [1.82, 2.24) is 5.32 Å². The van der Waals surface area contributed by atoms with Crippen molar-refractivity contribution in [3.8, 4) is 0 Å². The van der Waals surface area contributed by atoms with E-state index in [0.29, 0.717) is 11.3 Å². The van der Waals surface area contributed by atoms with Crippen molar-refractivity contribution < 1.29 is 13.2 Å². The van der Waals surface area contributed by atoms with Gasteiger partial charge in [0, 0.05) is 0 Å². The second kappa shape index (κ2) is 10.6. The van der Waals surface area contributed by atoms with Crippen molar-refractivity contribution in [2.45, 2.75) is 43.7 Å². The van der Waals surface area contributed by atoms with Crippen molar-refractivity contribution in [2.24, 2.45) is 0 Å². The van der Waals surface area contributed by atoms with Crippen LogP contribution >= 0.6 is 0 Å². The lowest BCUT2D eigenvalue weighted by Crippen LogP contribution is -2.35. The number of fused-ring (bicyclic) bond motifs is 1. The topological polar surface area (TPSA) is 66.5 Å². The molecular formula is C31H30N2O3S. The highest BCUT2D eigenvalue weighted by Crippen LogP contribution is 2.32. The van der Waals surface area contributed by atoms with Crippen LogP contribution in [-0.2, 0) is 23.0 Å². The summed E-state index contributed by atoms with van der Waals surface area (Å²) < 4.78 is 29.3. The standard InChI is InChI=1S/C31H30N2O3S/c1-23-18-20-26(21-19-23)37(35,36)33(22-24-10-3-2-4-11-24)30-17-8-7-15-28(30)31(34)32-29-16-9-13-25-12-5-6-14-27(25)29/h2-8,10-12,14-15,17-21,29H,9,13,16,22H2,1H3,(H,32,34)/t29-/m1/s1. The Bertz CT molecular complexity index is 1500. The maximum Gasteiger partial charge on any atom is 0.264 e. The van der Waals surface area contributed by atoms with E-state index >= 15 is 0 Å². The third-order valence-electron chi connectivity index (χ3n) is 6.87. The highest BCUT2D eigenvalue weighted by molar-refractivity contribution is 7.92. The molecule has 0 fully saturated rings. The largest absolute Gasteiger partial charge is 0.345 e. The van der Waals surface area contributed by atoms with Crippen LogP contribution in [0.25, 0.3) is 0 Å². The summed E-state index contributed by atoms with van der Waals surface area (Å²) in [5.41, 5.74) is 4.87. The SMILES string of the molecule is Cc1ccc(S(=O)(=O)N(Cc2ccccc2)c2ccccc2C(=O)N[C@@H]2CCCc3ccccc32)cc1. The third-order valence-corrected chi connectivity index (χ3v) is 8.64. The summed E-state index contributed by atoms with van der Waals surface area (Å²) in [6, 6.07) is 31.3. The van der Waals surface area contributed by atoms with Crippen molar-refractivity contribution in [1.29, 1.82) is 0 Å². The number of hydrogen-bond donors (Lipinski definition) is 1. The first kappa shape index (κ1) is 24.8. The number of aryl methyl sites for hydroxylation is 2. The highest BCUT2D eigenvalue weighted by Gasteiger charge is 2.30. The van der Waals surface area contributed by atoms with Gasteiger partial charge in [0.2, 0.25) is 0 Å². The molecule has 0 spiro atoms. The average Bonchev–Trinajstić information content (AvgIpc) is 2.93. The van der Waals surface area contributed by atoms with Gasteiger partial charge in [0.05, 0.1) is 28.7 Å². The Hall–Kier alpha value is -3.90. The van der Waals surface area contributed by atoms with Gasteiger partial charge in [-0.05, 0) is 67.1 Å². The van der Waals surface area contributed by atoms with Crippen molar-refractivity contribution in [3.05, 3.63) is 131 Å². The predicted octanol–water partition coefficient (Wildman–Crippen LogP) is 6.20. The van der Waals surface area contributed by atoms with Crippen LogP contribution in [0.2, 0.25) is 0 Å². The number of carbonyl (C=O) groups is 1. The number of rotatable bonds is 7. The summed E-state index contributed by atoms with van der Waals surface area (Å²) in [7, 11) is -3.95. The lowest BCUT2D eigenvalue weighted by molar-refractivity contribution is 0.0933. The first-order chi connectivity index (χ1) is 17.9. The summed E-state index contributed by atoms with van der Waals surface area (Å²) in [6.07, 6.45) is 2.84. The van der Waals surface area contributed by atoms with Gasteiger partial charge in [-0.3, -0.25) is 9.10 Å². The number of para-hydroxylation sites is 1. The number of carbonyl (C=O) groups excluding carboxylic acids is 1. The van der Waals surface area contributed by atoms with Gasteiger partial charge in [0.15, 0.2) is 0 Å². The highest BCUT2D eigenvalue weighted by atomic mass is 32.2. The lowest BCUT2D eigenvalue weighted by atomic mass is 9.87. The molecule has 0 radical (unpaired) electrons. The molecule has 1 aliphatic rings. The molecule has 0 bridgehead atoms. The molecule has 6 heteroatoms. The van der Waals surface area contributed by atoms with E-state index in [9.17, 15) is 13.2 Å². The predicted molar refractivity (Wildman–Crippen MR) is 147 cm³/mol. The first-order valence-corrected chi connectivity index (χ1v) is 14.0. The fraction of sp³-hybridized carbons (Fsp3) is 0.194.